The first kappa shape index (κ1) is 30.6. The minimum atomic E-state index is -0.999. The van der Waals surface area contributed by atoms with Gasteiger partial charge in [0, 0.05) is 17.1 Å². The molecule has 1 amide bonds. The average Bonchev–Trinajstić information content (AvgIpc) is 2.90. The number of nitrogens with one attached hydrogen (secondary N) is 1. The standard InChI is InChI=1S/C16H10Cl2FN.C10H9F2NO3.C2H6/c1-9-2-4-12(11-5-3-10(19)8-14(11)18)15-13(17)6-7-20-16(9)15;1-16-8(14)5-13-10(15)9-6(11)3-2-4-7(9)12;1-2/h2-8H,1H3;2-4H,5H2,1H3,(H,13,15);1-2H3. The Balaban J connectivity index is 0.000000257. The molecule has 0 radical (unpaired) electrons. The second-order valence-electron chi connectivity index (χ2n) is 7.43. The van der Waals surface area contributed by atoms with Gasteiger partial charge in [-0.15, -0.1) is 0 Å². The first-order chi connectivity index (χ1) is 18.1. The van der Waals surface area contributed by atoms with Gasteiger partial charge in [0.25, 0.3) is 5.91 Å². The molecule has 4 aromatic rings. The molecule has 0 saturated carbocycles. The van der Waals surface area contributed by atoms with Crippen molar-refractivity contribution in [2.75, 3.05) is 13.7 Å². The minimum absolute atomic E-state index is 0.357. The summed E-state index contributed by atoms with van der Waals surface area (Å²) in [5, 5.41) is 3.84. The normalized spacial score (nSPS) is 10.0. The largest absolute Gasteiger partial charge is 0.468 e. The second-order valence-corrected chi connectivity index (χ2v) is 8.24. The zero-order chi connectivity index (χ0) is 28.4. The van der Waals surface area contributed by atoms with Gasteiger partial charge >= 0.3 is 5.97 Å². The van der Waals surface area contributed by atoms with Gasteiger partial charge in [-0.05, 0) is 54.4 Å². The lowest BCUT2D eigenvalue weighted by atomic mass is 9.98. The maximum absolute atomic E-state index is 13.2. The van der Waals surface area contributed by atoms with Gasteiger partial charge in [-0.3, -0.25) is 14.6 Å². The number of methoxy groups -OCH3 is 1. The Morgan fingerprint density at radius 2 is 1.55 bits per heavy atom. The molecule has 3 aromatic carbocycles. The first-order valence-electron chi connectivity index (χ1n) is 11.4. The van der Waals surface area contributed by atoms with Crippen LogP contribution in [0.4, 0.5) is 13.2 Å². The van der Waals surface area contributed by atoms with E-state index in [9.17, 15) is 22.8 Å². The van der Waals surface area contributed by atoms with Crippen molar-refractivity contribution in [2.24, 2.45) is 0 Å². The molecule has 10 heteroatoms. The number of ether oxygens (including phenoxy) is 1. The van der Waals surface area contributed by atoms with E-state index in [0.717, 1.165) is 52.9 Å². The lowest BCUT2D eigenvalue weighted by Crippen LogP contribution is -2.31. The quantitative estimate of drug-likeness (QED) is 0.260. The van der Waals surface area contributed by atoms with E-state index >= 15 is 0 Å². The smallest absolute Gasteiger partial charge is 0.325 e. The summed E-state index contributed by atoms with van der Waals surface area (Å²) < 4.78 is 43.6. The molecule has 1 aromatic heterocycles. The number of carbonyl (C=O) groups excluding carboxylic acids is 2. The number of carbonyl (C=O) groups is 2. The highest BCUT2D eigenvalue weighted by atomic mass is 35.5. The zero-order valence-electron chi connectivity index (χ0n) is 21.0. The van der Waals surface area contributed by atoms with E-state index in [-0.39, 0.29) is 5.82 Å². The predicted molar refractivity (Wildman–Crippen MR) is 144 cm³/mol. The van der Waals surface area contributed by atoms with Crippen LogP contribution in [0.3, 0.4) is 0 Å². The third-order valence-corrected chi connectivity index (χ3v) is 5.70. The highest BCUT2D eigenvalue weighted by Crippen LogP contribution is 2.37. The number of aryl methyl sites for hydroxylation is 1. The molecule has 1 N–H and O–H groups in total. The van der Waals surface area contributed by atoms with Gasteiger partial charge in [0.1, 0.15) is 29.6 Å². The van der Waals surface area contributed by atoms with Crippen LogP contribution in [0.5, 0.6) is 0 Å². The zero-order valence-corrected chi connectivity index (χ0v) is 22.6. The van der Waals surface area contributed by atoms with Crippen molar-refractivity contribution >= 4 is 46.0 Å². The topological polar surface area (TPSA) is 68.3 Å². The van der Waals surface area contributed by atoms with Crippen LogP contribution < -0.4 is 5.32 Å². The summed E-state index contributed by atoms with van der Waals surface area (Å²) in [5.41, 5.74) is 2.74. The molecule has 0 unspecified atom stereocenters. The fourth-order valence-electron chi connectivity index (χ4n) is 3.32. The summed E-state index contributed by atoms with van der Waals surface area (Å²) in [6.45, 7) is 5.53. The number of esters is 1. The Bertz CT molecular complexity index is 1430. The summed E-state index contributed by atoms with van der Waals surface area (Å²) in [6.07, 6.45) is 1.67. The molecule has 200 valence electrons. The number of hydrogen-bond acceptors (Lipinski definition) is 4. The van der Waals surface area contributed by atoms with Crippen LogP contribution in [0.1, 0.15) is 29.8 Å². The Morgan fingerprint density at radius 3 is 2.16 bits per heavy atom. The summed E-state index contributed by atoms with van der Waals surface area (Å²) in [7, 11) is 1.14. The second kappa shape index (κ2) is 14.4. The van der Waals surface area contributed by atoms with Crippen molar-refractivity contribution in [1.29, 1.82) is 0 Å². The maximum atomic E-state index is 13.2. The summed E-state index contributed by atoms with van der Waals surface area (Å²) in [6, 6.07) is 13.0. The molecule has 4 rings (SSSR count). The SMILES string of the molecule is CC.COC(=O)CNC(=O)c1c(F)cccc1F.Cc1ccc(-c2ccc(F)cc2Cl)c2c(Cl)ccnc12. The van der Waals surface area contributed by atoms with Crippen LogP contribution in [0.25, 0.3) is 22.0 Å². The number of rotatable bonds is 4. The first-order valence-corrected chi connectivity index (χ1v) is 12.2. The van der Waals surface area contributed by atoms with Gasteiger partial charge in [-0.25, -0.2) is 13.2 Å². The van der Waals surface area contributed by atoms with E-state index < -0.39 is 35.6 Å². The molecular weight excluding hydrogens is 540 g/mol. The monoisotopic (exact) mass is 564 g/mol. The molecule has 0 atom stereocenters. The number of benzene rings is 3. The molecule has 0 saturated heterocycles. The Hall–Kier alpha value is -3.62. The highest BCUT2D eigenvalue weighted by Gasteiger charge is 2.17. The minimum Gasteiger partial charge on any atom is -0.468 e. The molecular formula is C28H25Cl2F3N2O3. The van der Waals surface area contributed by atoms with Gasteiger partial charge < -0.3 is 10.1 Å². The van der Waals surface area contributed by atoms with E-state index in [2.05, 4.69) is 9.72 Å². The van der Waals surface area contributed by atoms with Crippen LogP contribution in [0, 0.1) is 24.4 Å². The van der Waals surface area contributed by atoms with Gasteiger partial charge in [-0.1, -0.05) is 55.2 Å². The van der Waals surface area contributed by atoms with E-state index in [1.165, 1.54) is 12.1 Å². The third-order valence-electron chi connectivity index (χ3n) is 5.08. The van der Waals surface area contributed by atoms with Gasteiger partial charge in [-0.2, -0.15) is 0 Å². The van der Waals surface area contributed by atoms with Crippen molar-refractivity contribution in [1.82, 2.24) is 10.3 Å². The van der Waals surface area contributed by atoms with Crippen molar-refractivity contribution in [2.45, 2.75) is 20.8 Å². The number of aromatic nitrogens is 1. The van der Waals surface area contributed by atoms with Crippen molar-refractivity contribution in [3.8, 4) is 11.1 Å². The molecule has 5 nitrogen and oxygen atoms in total. The van der Waals surface area contributed by atoms with Crippen molar-refractivity contribution < 1.29 is 27.5 Å². The molecule has 0 bridgehead atoms. The van der Waals surface area contributed by atoms with E-state index in [0.29, 0.717) is 10.0 Å². The molecule has 0 aliphatic rings. The Morgan fingerprint density at radius 1 is 0.921 bits per heavy atom. The van der Waals surface area contributed by atoms with Gasteiger partial charge in [0.2, 0.25) is 0 Å². The lowest BCUT2D eigenvalue weighted by molar-refractivity contribution is -0.139. The van der Waals surface area contributed by atoms with E-state index in [4.69, 9.17) is 23.2 Å². The summed E-state index contributed by atoms with van der Waals surface area (Å²) in [4.78, 5) is 26.4. The van der Waals surface area contributed by atoms with Crippen LogP contribution in [0.2, 0.25) is 10.0 Å². The fourth-order valence-corrected chi connectivity index (χ4v) is 3.84. The molecule has 1 heterocycles. The number of hydrogen-bond donors (Lipinski definition) is 1. The molecule has 0 fully saturated rings. The molecule has 0 spiro atoms. The van der Waals surface area contributed by atoms with Crippen LogP contribution in [-0.2, 0) is 9.53 Å². The third kappa shape index (κ3) is 7.46. The predicted octanol–water partition coefficient (Wildman–Crippen LogP) is 7.55. The van der Waals surface area contributed by atoms with E-state index in [1.807, 2.05) is 38.2 Å². The lowest BCUT2D eigenvalue weighted by Gasteiger charge is -2.11. The van der Waals surface area contributed by atoms with Gasteiger partial charge in [0.15, 0.2) is 0 Å². The maximum Gasteiger partial charge on any atom is 0.325 e. The number of nitrogens with zero attached hydrogens (tertiary/aromatic N) is 1. The van der Waals surface area contributed by atoms with Crippen LogP contribution >= 0.6 is 23.2 Å². The number of pyridine rings is 1. The fraction of sp³-hybridized carbons (Fsp3) is 0.179. The Labute approximate surface area is 228 Å². The number of halogens is 5. The highest BCUT2D eigenvalue weighted by molar-refractivity contribution is 6.37. The number of fused-ring (bicyclic) bond motifs is 1. The number of amides is 1. The van der Waals surface area contributed by atoms with Crippen LogP contribution in [-0.4, -0.2) is 30.5 Å². The molecule has 0 aliphatic heterocycles. The summed E-state index contributed by atoms with van der Waals surface area (Å²) in [5.74, 6) is -4.03. The van der Waals surface area contributed by atoms with Crippen molar-refractivity contribution in [3.63, 3.8) is 0 Å². The van der Waals surface area contributed by atoms with Crippen molar-refractivity contribution in [3.05, 3.63) is 99.4 Å². The molecule has 0 aliphatic carbocycles. The van der Waals surface area contributed by atoms with Gasteiger partial charge in [0.05, 0.1) is 22.7 Å². The van der Waals surface area contributed by atoms with E-state index in [1.54, 1.807) is 18.3 Å². The molecule has 38 heavy (non-hydrogen) atoms. The summed E-state index contributed by atoms with van der Waals surface area (Å²) >= 11 is 12.5. The Kier molecular flexibility index (Phi) is 11.6. The van der Waals surface area contributed by atoms with Crippen LogP contribution in [0.15, 0.2) is 60.8 Å². The average molecular weight is 565 g/mol.